The summed E-state index contributed by atoms with van der Waals surface area (Å²) in [5.41, 5.74) is 1.68. The number of ether oxygens (including phenoxy) is 1. The normalized spacial score (nSPS) is 24.6. The highest BCUT2D eigenvalue weighted by Crippen LogP contribution is 2.45. The Bertz CT molecular complexity index is 406. The van der Waals surface area contributed by atoms with Crippen molar-refractivity contribution < 1.29 is 9.84 Å². The molecule has 0 saturated carbocycles. The van der Waals surface area contributed by atoms with Crippen LogP contribution in [0.4, 0.5) is 0 Å². The van der Waals surface area contributed by atoms with Gasteiger partial charge in [0.05, 0.1) is 12.7 Å². The van der Waals surface area contributed by atoms with Crippen LogP contribution in [0.5, 0.6) is 5.75 Å². The van der Waals surface area contributed by atoms with Gasteiger partial charge in [-0.1, -0.05) is 33.8 Å². The summed E-state index contributed by atoms with van der Waals surface area (Å²) < 4.78 is 5.23. The standard InChI is InChI=1S/C14H20O2.C2H6/c1-13(2)7-8-14(3,15)12-9-10(16-4)5-6-11(12)13;1-2/h5-6,9,15H,7-8H2,1-4H3;1-2H3. The van der Waals surface area contributed by atoms with Gasteiger partial charge in [-0.3, -0.25) is 0 Å². The van der Waals surface area contributed by atoms with Gasteiger partial charge in [0.25, 0.3) is 0 Å². The zero-order chi connectivity index (χ0) is 14.0. The number of aliphatic hydroxyl groups is 1. The average molecular weight is 250 g/mol. The summed E-state index contributed by atoms with van der Waals surface area (Å²) in [6, 6.07) is 6.03. The molecule has 0 heterocycles. The summed E-state index contributed by atoms with van der Waals surface area (Å²) >= 11 is 0. The second kappa shape index (κ2) is 5.31. The quantitative estimate of drug-likeness (QED) is 0.816. The van der Waals surface area contributed by atoms with E-state index in [1.54, 1.807) is 7.11 Å². The lowest BCUT2D eigenvalue weighted by molar-refractivity contribution is 0.0275. The van der Waals surface area contributed by atoms with Gasteiger partial charge >= 0.3 is 0 Å². The molecule has 0 saturated heterocycles. The van der Waals surface area contributed by atoms with Crippen molar-refractivity contribution in [3.63, 3.8) is 0 Å². The molecule has 0 amide bonds. The van der Waals surface area contributed by atoms with Gasteiger partial charge in [0.15, 0.2) is 0 Å². The summed E-state index contributed by atoms with van der Waals surface area (Å²) in [6.07, 6.45) is 1.82. The van der Waals surface area contributed by atoms with E-state index in [0.29, 0.717) is 0 Å². The van der Waals surface area contributed by atoms with E-state index in [2.05, 4.69) is 19.9 Å². The zero-order valence-electron chi connectivity index (χ0n) is 12.5. The molecule has 0 aliphatic heterocycles. The van der Waals surface area contributed by atoms with Crippen LogP contribution in [0, 0.1) is 0 Å². The van der Waals surface area contributed by atoms with E-state index in [9.17, 15) is 5.11 Å². The van der Waals surface area contributed by atoms with Gasteiger partial charge < -0.3 is 9.84 Å². The smallest absolute Gasteiger partial charge is 0.119 e. The van der Waals surface area contributed by atoms with Crippen LogP contribution in [0.15, 0.2) is 18.2 Å². The number of methoxy groups -OCH3 is 1. The zero-order valence-corrected chi connectivity index (χ0v) is 12.5. The summed E-state index contributed by atoms with van der Waals surface area (Å²) in [4.78, 5) is 0. The van der Waals surface area contributed by atoms with Crippen LogP contribution < -0.4 is 4.74 Å². The molecule has 1 aliphatic carbocycles. The highest BCUT2D eigenvalue weighted by molar-refractivity contribution is 5.44. The minimum atomic E-state index is -0.723. The van der Waals surface area contributed by atoms with Gasteiger partial charge in [-0.2, -0.15) is 0 Å². The minimum Gasteiger partial charge on any atom is -0.497 e. The fraction of sp³-hybridized carbons (Fsp3) is 0.625. The molecular formula is C16H26O2. The number of rotatable bonds is 1. The third-order valence-corrected chi connectivity index (χ3v) is 3.77. The lowest BCUT2D eigenvalue weighted by Gasteiger charge is -2.40. The Hall–Kier alpha value is -1.02. The van der Waals surface area contributed by atoms with Gasteiger partial charge in [0.2, 0.25) is 0 Å². The summed E-state index contributed by atoms with van der Waals surface area (Å²) in [7, 11) is 1.66. The Labute approximate surface area is 111 Å². The lowest BCUT2D eigenvalue weighted by Crippen LogP contribution is -2.35. The molecule has 0 aromatic heterocycles. The number of fused-ring (bicyclic) bond motifs is 1. The summed E-state index contributed by atoms with van der Waals surface area (Å²) in [6.45, 7) is 10.3. The minimum absolute atomic E-state index is 0.143. The van der Waals surface area contributed by atoms with Crippen LogP contribution >= 0.6 is 0 Å². The molecule has 1 aliphatic rings. The maximum Gasteiger partial charge on any atom is 0.119 e. The second-order valence-electron chi connectivity index (χ2n) is 5.57. The van der Waals surface area contributed by atoms with E-state index in [1.165, 1.54) is 5.56 Å². The highest BCUT2D eigenvalue weighted by atomic mass is 16.5. The van der Waals surface area contributed by atoms with Gasteiger partial charge in [-0.05, 0) is 48.4 Å². The summed E-state index contributed by atoms with van der Waals surface area (Å²) in [5, 5.41) is 10.4. The molecule has 0 fully saturated rings. The first-order valence-electron chi connectivity index (χ1n) is 6.78. The first-order valence-corrected chi connectivity index (χ1v) is 6.78. The summed E-state index contributed by atoms with van der Waals surface area (Å²) in [5.74, 6) is 0.816. The number of benzene rings is 1. The maximum atomic E-state index is 10.4. The molecule has 1 atom stereocenters. The Kier molecular flexibility index (Phi) is 4.44. The van der Waals surface area contributed by atoms with Crippen LogP contribution in [-0.2, 0) is 11.0 Å². The monoisotopic (exact) mass is 250 g/mol. The van der Waals surface area contributed by atoms with E-state index in [4.69, 9.17) is 4.74 Å². The molecule has 2 nitrogen and oxygen atoms in total. The van der Waals surface area contributed by atoms with E-state index < -0.39 is 5.60 Å². The average Bonchev–Trinajstić information content (AvgIpc) is 2.37. The number of hydrogen-bond acceptors (Lipinski definition) is 2. The molecule has 1 aromatic rings. The molecule has 0 bridgehead atoms. The Morgan fingerprint density at radius 3 is 2.22 bits per heavy atom. The van der Waals surface area contributed by atoms with Gasteiger partial charge in [0, 0.05) is 0 Å². The predicted molar refractivity (Wildman–Crippen MR) is 76.2 cm³/mol. The van der Waals surface area contributed by atoms with Crippen LogP contribution in [0.3, 0.4) is 0 Å². The van der Waals surface area contributed by atoms with Gasteiger partial charge in [-0.25, -0.2) is 0 Å². The Morgan fingerprint density at radius 2 is 1.67 bits per heavy atom. The fourth-order valence-corrected chi connectivity index (χ4v) is 2.51. The van der Waals surface area contributed by atoms with Crippen molar-refractivity contribution in [2.75, 3.05) is 7.11 Å². The molecule has 1 N–H and O–H groups in total. The topological polar surface area (TPSA) is 29.5 Å². The van der Waals surface area contributed by atoms with Crippen molar-refractivity contribution in [3.05, 3.63) is 29.3 Å². The lowest BCUT2D eigenvalue weighted by atomic mass is 9.67. The molecule has 1 unspecified atom stereocenters. The van der Waals surface area contributed by atoms with Crippen molar-refractivity contribution >= 4 is 0 Å². The van der Waals surface area contributed by atoms with Crippen LogP contribution in [0.1, 0.15) is 58.6 Å². The predicted octanol–water partition coefficient (Wildman–Crippen LogP) is 4.00. The third-order valence-electron chi connectivity index (χ3n) is 3.77. The molecule has 1 aromatic carbocycles. The van der Waals surface area contributed by atoms with Crippen molar-refractivity contribution in [1.29, 1.82) is 0 Å². The van der Waals surface area contributed by atoms with Crippen molar-refractivity contribution in [1.82, 2.24) is 0 Å². The van der Waals surface area contributed by atoms with Crippen molar-refractivity contribution in [2.45, 2.75) is 58.5 Å². The molecule has 18 heavy (non-hydrogen) atoms. The molecule has 2 heteroatoms. The van der Waals surface area contributed by atoms with E-state index in [-0.39, 0.29) is 5.41 Å². The van der Waals surface area contributed by atoms with Gasteiger partial charge in [-0.15, -0.1) is 0 Å². The molecule has 0 radical (unpaired) electrons. The Morgan fingerprint density at radius 1 is 1.06 bits per heavy atom. The highest BCUT2D eigenvalue weighted by Gasteiger charge is 2.38. The molecular weight excluding hydrogens is 224 g/mol. The fourth-order valence-electron chi connectivity index (χ4n) is 2.51. The van der Waals surface area contributed by atoms with E-state index >= 15 is 0 Å². The first-order chi connectivity index (χ1) is 8.37. The van der Waals surface area contributed by atoms with E-state index in [0.717, 1.165) is 24.2 Å². The van der Waals surface area contributed by atoms with Gasteiger partial charge in [0.1, 0.15) is 5.75 Å². The molecule has 0 spiro atoms. The van der Waals surface area contributed by atoms with Crippen molar-refractivity contribution in [2.24, 2.45) is 0 Å². The van der Waals surface area contributed by atoms with Crippen LogP contribution in [-0.4, -0.2) is 12.2 Å². The largest absolute Gasteiger partial charge is 0.497 e. The van der Waals surface area contributed by atoms with Crippen molar-refractivity contribution in [3.8, 4) is 5.75 Å². The maximum absolute atomic E-state index is 10.4. The second-order valence-corrected chi connectivity index (χ2v) is 5.57. The molecule has 2 rings (SSSR count). The number of hydrogen-bond donors (Lipinski definition) is 1. The third kappa shape index (κ3) is 2.69. The molecule has 102 valence electrons. The van der Waals surface area contributed by atoms with E-state index in [1.807, 2.05) is 32.9 Å². The Balaban J connectivity index is 0.000000771. The first kappa shape index (κ1) is 15.0. The van der Waals surface area contributed by atoms with Crippen LogP contribution in [0.2, 0.25) is 0 Å². The van der Waals surface area contributed by atoms with Crippen LogP contribution in [0.25, 0.3) is 0 Å². The SMILES string of the molecule is CC.COc1ccc2c(c1)C(C)(O)CCC2(C)C.